The number of carbonyl (C=O) groups excluding carboxylic acids is 1. The van der Waals surface area contributed by atoms with Gasteiger partial charge in [0.1, 0.15) is 11.3 Å². The van der Waals surface area contributed by atoms with Crippen molar-refractivity contribution >= 4 is 11.6 Å². The second-order valence-electron chi connectivity index (χ2n) is 5.61. The van der Waals surface area contributed by atoms with E-state index in [0.717, 1.165) is 31.4 Å². The molecule has 2 rings (SSSR count). The molecule has 1 aliphatic carbocycles. The van der Waals surface area contributed by atoms with Gasteiger partial charge in [-0.2, -0.15) is 0 Å². The first-order chi connectivity index (χ1) is 9.85. The van der Waals surface area contributed by atoms with Crippen molar-refractivity contribution in [1.82, 2.24) is 10.2 Å². The van der Waals surface area contributed by atoms with Crippen LogP contribution in [0.25, 0.3) is 0 Å². The van der Waals surface area contributed by atoms with Crippen LogP contribution in [0.3, 0.4) is 0 Å². The number of nitrogens with one attached hydrogen (secondary N) is 1. The molecule has 1 saturated carbocycles. The maximum atomic E-state index is 12.2. The van der Waals surface area contributed by atoms with Gasteiger partial charge in [0, 0.05) is 18.2 Å². The second kappa shape index (κ2) is 5.69. The molecular formula is C14H19N3O4. The Balaban J connectivity index is 2.14. The number of benzene rings is 1. The Morgan fingerprint density at radius 2 is 2.14 bits per heavy atom. The molecule has 1 amide bonds. The molecule has 7 nitrogen and oxygen atoms in total. The molecule has 1 aromatic carbocycles. The molecule has 0 heterocycles. The number of hydrogen-bond donors (Lipinski definition) is 2. The highest BCUT2D eigenvalue weighted by Gasteiger charge is 2.39. The van der Waals surface area contributed by atoms with E-state index in [9.17, 15) is 20.0 Å². The Labute approximate surface area is 122 Å². The third-order valence-electron chi connectivity index (χ3n) is 4.23. The van der Waals surface area contributed by atoms with Crippen molar-refractivity contribution in [2.24, 2.45) is 0 Å². The van der Waals surface area contributed by atoms with Crippen molar-refractivity contribution < 1.29 is 14.8 Å². The number of aromatic hydroxyl groups is 1. The largest absolute Gasteiger partial charge is 0.508 e. The van der Waals surface area contributed by atoms with Crippen LogP contribution in [0.4, 0.5) is 5.69 Å². The SMILES string of the molecule is CN(C)C1(CNC(=O)c2cc(O)ccc2[N+](=O)[O-])CCC1. The molecule has 0 bridgehead atoms. The van der Waals surface area contributed by atoms with Crippen molar-refractivity contribution in [2.75, 3.05) is 20.6 Å². The number of nitro groups is 1. The maximum Gasteiger partial charge on any atom is 0.282 e. The summed E-state index contributed by atoms with van der Waals surface area (Å²) in [6.07, 6.45) is 3.09. The van der Waals surface area contributed by atoms with E-state index in [0.29, 0.717) is 6.54 Å². The van der Waals surface area contributed by atoms with Gasteiger partial charge in [-0.1, -0.05) is 0 Å². The van der Waals surface area contributed by atoms with Crippen LogP contribution in [0.5, 0.6) is 5.75 Å². The predicted octanol–water partition coefficient (Wildman–Crippen LogP) is 1.51. The standard InChI is InChI=1S/C14H19N3O4/c1-16(2)14(6-3-7-14)9-15-13(19)11-8-10(18)4-5-12(11)17(20)21/h4-5,8,18H,3,6-7,9H2,1-2H3,(H,15,19). The Bertz CT molecular complexity index is 567. The van der Waals surface area contributed by atoms with Crippen molar-refractivity contribution in [3.63, 3.8) is 0 Å². The zero-order chi connectivity index (χ0) is 15.6. The van der Waals surface area contributed by atoms with E-state index >= 15 is 0 Å². The maximum absolute atomic E-state index is 12.2. The molecular weight excluding hydrogens is 274 g/mol. The summed E-state index contributed by atoms with van der Waals surface area (Å²) in [5.41, 5.74) is -0.493. The highest BCUT2D eigenvalue weighted by atomic mass is 16.6. The van der Waals surface area contributed by atoms with E-state index in [2.05, 4.69) is 10.2 Å². The summed E-state index contributed by atoms with van der Waals surface area (Å²) in [6, 6.07) is 3.45. The van der Waals surface area contributed by atoms with E-state index in [4.69, 9.17) is 0 Å². The Hall–Kier alpha value is -2.15. The molecule has 114 valence electrons. The van der Waals surface area contributed by atoms with Crippen LogP contribution in [0, 0.1) is 10.1 Å². The van der Waals surface area contributed by atoms with Crippen LogP contribution in [0.1, 0.15) is 29.6 Å². The van der Waals surface area contributed by atoms with Gasteiger partial charge in [0.2, 0.25) is 0 Å². The van der Waals surface area contributed by atoms with Crippen molar-refractivity contribution in [3.8, 4) is 5.75 Å². The first-order valence-electron chi connectivity index (χ1n) is 6.79. The third kappa shape index (κ3) is 2.97. The number of nitro benzene ring substituents is 1. The molecule has 0 unspecified atom stereocenters. The summed E-state index contributed by atoms with van der Waals surface area (Å²) < 4.78 is 0. The van der Waals surface area contributed by atoms with Crippen LogP contribution in [-0.2, 0) is 0 Å². The topological polar surface area (TPSA) is 95.7 Å². The fraction of sp³-hybridized carbons (Fsp3) is 0.500. The van der Waals surface area contributed by atoms with Crippen LogP contribution >= 0.6 is 0 Å². The van der Waals surface area contributed by atoms with E-state index in [1.54, 1.807) is 0 Å². The minimum atomic E-state index is -0.626. The first kappa shape index (κ1) is 15.2. The van der Waals surface area contributed by atoms with Crippen molar-refractivity contribution in [1.29, 1.82) is 0 Å². The quantitative estimate of drug-likeness (QED) is 0.634. The number of nitrogens with zero attached hydrogens (tertiary/aromatic N) is 2. The number of hydrogen-bond acceptors (Lipinski definition) is 5. The zero-order valence-corrected chi connectivity index (χ0v) is 12.1. The lowest BCUT2D eigenvalue weighted by molar-refractivity contribution is -0.385. The lowest BCUT2D eigenvalue weighted by Gasteiger charge is -2.47. The van der Waals surface area contributed by atoms with Gasteiger partial charge in [0.05, 0.1) is 4.92 Å². The van der Waals surface area contributed by atoms with Crippen molar-refractivity contribution in [3.05, 3.63) is 33.9 Å². The van der Waals surface area contributed by atoms with E-state index < -0.39 is 10.8 Å². The van der Waals surface area contributed by atoms with Crippen LogP contribution in [0.15, 0.2) is 18.2 Å². The van der Waals surface area contributed by atoms with Gasteiger partial charge >= 0.3 is 0 Å². The van der Waals surface area contributed by atoms with Gasteiger partial charge in [0.15, 0.2) is 0 Å². The van der Waals surface area contributed by atoms with Gasteiger partial charge in [-0.3, -0.25) is 14.9 Å². The number of likely N-dealkylation sites (N-methyl/N-ethyl adjacent to an activating group) is 1. The van der Waals surface area contributed by atoms with Gasteiger partial charge in [-0.05, 0) is 45.5 Å². The Morgan fingerprint density at radius 1 is 1.48 bits per heavy atom. The number of amides is 1. The lowest BCUT2D eigenvalue weighted by atomic mass is 9.75. The third-order valence-corrected chi connectivity index (χ3v) is 4.23. The summed E-state index contributed by atoms with van der Waals surface area (Å²) in [4.78, 5) is 24.6. The second-order valence-corrected chi connectivity index (χ2v) is 5.61. The number of phenolic OH excluding ortho intramolecular Hbond substituents is 1. The average molecular weight is 293 g/mol. The molecule has 7 heteroatoms. The molecule has 21 heavy (non-hydrogen) atoms. The highest BCUT2D eigenvalue weighted by molar-refractivity contribution is 5.98. The van der Waals surface area contributed by atoms with E-state index in [-0.39, 0.29) is 22.5 Å². The molecule has 2 N–H and O–H groups in total. The molecule has 0 saturated heterocycles. The fourth-order valence-corrected chi connectivity index (χ4v) is 2.57. The summed E-state index contributed by atoms with van der Waals surface area (Å²) in [5, 5.41) is 23.1. The molecule has 0 radical (unpaired) electrons. The minimum Gasteiger partial charge on any atom is -0.508 e. The molecule has 0 aromatic heterocycles. The van der Waals surface area contributed by atoms with E-state index in [1.165, 1.54) is 6.07 Å². The molecule has 1 aliphatic rings. The summed E-state index contributed by atoms with van der Waals surface area (Å²) in [7, 11) is 3.92. The van der Waals surface area contributed by atoms with Gasteiger partial charge < -0.3 is 15.3 Å². The average Bonchev–Trinajstić information content (AvgIpc) is 2.36. The Morgan fingerprint density at radius 3 is 2.62 bits per heavy atom. The smallest absolute Gasteiger partial charge is 0.282 e. The highest BCUT2D eigenvalue weighted by Crippen LogP contribution is 2.35. The molecule has 1 aromatic rings. The molecule has 0 spiro atoms. The van der Waals surface area contributed by atoms with Crippen LogP contribution in [0.2, 0.25) is 0 Å². The normalized spacial score (nSPS) is 16.3. The summed E-state index contributed by atoms with van der Waals surface area (Å²) >= 11 is 0. The van der Waals surface area contributed by atoms with Gasteiger partial charge in [0.25, 0.3) is 11.6 Å². The van der Waals surface area contributed by atoms with Gasteiger partial charge in [-0.15, -0.1) is 0 Å². The van der Waals surface area contributed by atoms with E-state index in [1.807, 2.05) is 14.1 Å². The number of phenols is 1. The molecule has 0 atom stereocenters. The number of rotatable bonds is 5. The predicted molar refractivity (Wildman–Crippen MR) is 77.4 cm³/mol. The van der Waals surface area contributed by atoms with Crippen LogP contribution in [-0.4, -0.2) is 47.0 Å². The minimum absolute atomic E-state index is 0.0682. The molecule has 1 fully saturated rings. The summed E-state index contributed by atoms with van der Waals surface area (Å²) in [6.45, 7) is 0.436. The Kier molecular flexibility index (Phi) is 4.13. The number of carbonyl (C=O) groups is 1. The summed E-state index contributed by atoms with van der Waals surface area (Å²) in [5.74, 6) is -0.706. The first-order valence-corrected chi connectivity index (χ1v) is 6.79. The van der Waals surface area contributed by atoms with Gasteiger partial charge in [-0.25, -0.2) is 0 Å². The zero-order valence-electron chi connectivity index (χ0n) is 12.1. The monoisotopic (exact) mass is 293 g/mol. The fourth-order valence-electron chi connectivity index (χ4n) is 2.57. The molecule has 0 aliphatic heterocycles. The van der Waals surface area contributed by atoms with Crippen molar-refractivity contribution in [2.45, 2.75) is 24.8 Å². The lowest BCUT2D eigenvalue weighted by Crippen LogP contribution is -2.57. The van der Waals surface area contributed by atoms with Crippen LogP contribution < -0.4 is 5.32 Å².